The first-order chi connectivity index (χ1) is 14.2. The van der Waals surface area contributed by atoms with Crippen molar-refractivity contribution in [1.82, 2.24) is 0 Å². The summed E-state index contributed by atoms with van der Waals surface area (Å²) in [6.07, 6.45) is 10.1. The molecule has 2 heteroatoms. The highest BCUT2D eigenvalue weighted by atomic mass is 16.5. The zero-order valence-corrected chi connectivity index (χ0v) is 18.1. The van der Waals surface area contributed by atoms with E-state index in [1.807, 2.05) is 0 Å². The minimum Gasteiger partial charge on any atom is -0.494 e. The Labute approximate surface area is 176 Å². The van der Waals surface area contributed by atoms with Gasteiger partial charge in [-0.1, -0.05) is 69.5 Å². The Bertz CT molecular complexity index is 777. The van der Waals surface area contributed by atoms with Crippen molar-refractivity contribution >= 4 is 0 Å². The smallest absolute Gasteiger partial charge is 0.119 e. The van der Waals surface area contributed by atoms with Crippen molar-refractivity contribution < 1.29 is 4.74 Å². The van der Waals surface area contributed by atoms with Crippen LogP contribution >= 0.6 is 0 Å². The quantitative estimate of drug-likeness (QED) is 0.408. The largest absolute Gasteiger partial charge is 0.494 e. The molecule has 0 aromatic heterocycles. The molecule has 1 saturated carbocycles. The highest BCUT2D eigenvalue weighted by molar-refractivity contribution is 5.64. The number of nitrogens with zero attached hydrogens (tertiary/aromatic N) is 1. The van der Waals surface area contributed by atoms with Crippen molar-refractivity contribution in [2.24, 2.45) is 5.41 Å². The average Bonchev–Trinajstić information content (AvgIpc) is 2.79. The van der Waals surface area contributed by atoms with Gasteiger partial charge < -0.3 is 4.74 Å². The van der Waals surface area contributed by atoms with Gasteiger partial charge in [-0.2, -0.15) is 5.26 Å². The summed E-state index contributed by atoms with van der Waals surface area (Å²) in [5, 5.41) is 9.71. The predicted octanol–water partition coefficient (Wildman–Crippen LogP) is 7.89. The first-order valence-electron chi connectivity index (χ1n) is 11.4. The predicted molar refractivity (Wildman–Crippen MR) is 121 cm³/mol. The van der Waals surface area contributed by atoms with E-state index in [4.69, 9.17) is 4.74 Å². The van der Waals surface area contributed by atoms with Crippen LogP contribution in [0.25, 0.3) is 11.1 Å². The van der Waals surface area contributed by atoms with Crippen LogP contribution in [0.5, 0.6) is 5.75 Å². The summed E-state index contributed by atoms with van der Waals surface area (Å²) in [5.41, 5.74) is 3.84. The van der Waals surface area contributed by atoms with E-state index in [0.29, 0.717) is 5.92 Å². The summed E-state index contributed by atoms with van der Waals surface area (Å²) < 4.78 is 5.76. The Balaban J connectivity index is 1.59. The molecule has 29 heavy (non-hydrogen) atoms. The number of nitriles is 1. The number of hydrogen-bond acceptors (Lipinski definition) is 2. The van der Waals surface area contributed by atoms with Crippen LogP contribution < -0.4 is 4.74 Å². The van der Waals surface area contributed by atoms with E-state index >= 15 is 0 Å². The van der Waals surface area contributed by atoms with Crippen LogP contribution in [0.2, 0.25) is 0 Å². The number of hydrogen-bond donors (Lipinski definition) is 0. The van der Waals surface area contributed by atoms with Crippen LogP contribution in [0.15, 0.2) is 48.5 Å². The van der Waals surface area contributed by atoms with Crippen LogP contribution in [0.3, 0.4) is 0 Å². The fourth-order valence-electron chi connectivity index (χ4n) is 4.46. The second-order valence-corrected chi connectivity index (χ2v) is 8.62. The molecular weight excluding hydrogens is 354 g/mol. The zero-order chi connectivity index (χ0) is 20.5. The lowest BCUT2D eigenvalue weighted by molar-refractivity contribution is 0.224. The monoisotopic (exact) mass is 389 g/mol. The first-order valence-corrected chi connectivity index (χ1v) is 11.4. The van der Waals surface area contributed by atoms with Crippen LogP contribution in [0.4, 0.5) is 0 Å². The van der Waals surface area contributed by atoms with Gasteiger partial charge in [0.15, 0.2) is 0 Å². The molecule has 0 spiro atoms. The van der Waals surface area contributed by atoms with E-state index < -0.39 is 0 Å². The second-order valence-electron chi connectivity index (χ2n) is 8.62. The molecule has 0 amide bonds. The SMILES string of the molecule is CCCCOc1ccc(-c2ccc(C3CCC(C#N)(CCCC)CC3)cc2)cc1. The average molecular weight is 390 g/mol. The number of ether oxygens (including phenoxy) is 1. The van der Waals surface area contributed by atoms with Crippen LogP contribution in [0.1, 0.15) is 83.1 Å². The maximum atomic E-state index is 9.71. The van der Waals surface area contributed by atoms with Gasteiger partial charge in [0.2, 0.25) is 0 Å². The molecule has 154 valence electrons. The van der Waals surface area contributed by atoms with E-state index in [2.05, 4.69) is 68.4 Å². The molecule has 0 radical (unpaired) electrons. The van der Waals surface area contributed by atoms with Gasteiger partial charge in [0.1, 0.15) is 5.75 Å². The van der Waals surface area contributed by atoms with Crippen LogP contribution in [-0.4, -0.2) is 6.61 Å². The van der Waals surface area contributed by atoms with Crippen molar-refractivity contribution in [1.29, 1.82) is 5.26 Å². The topological polar surface area (TPSA) is 33.0 Å². The molecule has 0 aliphatic heterocycles. The van der Waals surface area contributed by atoms with Crippen molar-refractivity contribution in [3.63, 3.8) is 0 Å². The van der Waals surface area contributed by atoms with Crippen molar-refractivity contribution in [2.75, 3.05) is 6.61 Å². The highest BCUT2D eigenvalue weighted by Gasteiger charge is 2.35. The van der Waals surface area contributed by atoms with Crippen molar-refractivity contribution in [2.45, 2.75) is 77.6 Å². The Kier molecular flexibility index (Phi) is 7.76. The molecule has 0 unspecified atom stereocenters. The lowest BCUT2D eigenvalue weighted by Gasteiger charge is -2.35. The molecule has 1 fully saturated rings. The van der Waals surface area contributed by atoms with Gasteiger partial charge in [-0.25, -0.2) is 0 Å². The summed E-state index contributed by atoms with van der Waals surface area (Å²) >= 11 is 0. The second kappa shape index (κ2) is 10.5. The van der Waals surface area contributed by atoms with Crippen LogP contribution in [0, 0.1) is 16.7 Å². The molecule has 1 aliphatic rings. The van der Waals surface area contributed by atoms with E-state index in [1.165, 1.54) is 29.5 Å². The number of rotatable bonds is 9. The summed E-state index contributed by atoms with van der Waals surface area (Å²) in [4.78, 5) is 0. The fourth-order valence-corrected chi connectivity index (χ4v) is 4.46. The maximum Gasteiger partial charge on any atom is 0.119 e. The summed E-state index contributed by atoms with van der Waals surface area (Å²) in [6, 6.07) is 20.1. The molecular formula is C27H35NO. The minimum absolute atomic E-state index is 0.0621. The molecule has 0 bridgehead atoms. The Morgan fingerprint density at radius 1 is 0.897 bits per heavy atom. The van der Waals surface area contributed by atoms with E-state index in [0.717, 1.165) is 57.3 Å². The lowest BCUT2D eigenvalue weighted by Crippen LogP contribution is -2.25. The molecule has 3 rings (SSSR count). The highest BCUT2D eigenvalue weighted by Crippen LogP contribution is 2.45. The molecule has 2 aromatic carbocycles. The zero-order valence-electron chi connectivity index (χ0n) is 18.1. The standard InChI is InChI=1S/C27H35NO/c1-3-5-17-27(21-28)18-15-25(16-19-27)23-9-7-22(8-10-23)24-11-13-26(14-12-24)29-20-6-4-2/h7-14,25H,3-6,15-20H2,1-2H3. The van der Waals surface area contributed by atoms with Crippen molar-refractivity contribution in [3.8, 4) is 22.9 Å². The molecule has 1 aliphatic carbocycles. The molecule has 2 nitrogen and oxygen atoms in total. The van der Waals surface area contributed by atoms with Gasteiger partial charge in [-0.05, 0) is 73.3 Å². The third-order valence-electron chi connectivity index (χ3n) is 6.53. The van der Waals surface area contributed by atoms with Gasteiger partial charge >= 0.3 is 0 Å². The van der Waals surface area contributed by atoms with Gasteiger partial charge in [0, 0.05) is 0 Å². The minimum atomic E-state index is -0.0621. The maximum absolute atomic E-state index is 9.71. The summed E-state index contributed by atoms with van der Waals surface area (Å²) in [5.74, 6) is 1.55. The van der Waals surface area contributed by atoms with E-state index in [-0.39, 0.29) is 5.41 Å². The molecule has 0 atom stereocenters. The van der Waals surface area contributed by atoms with Gasteiger partial charge in [0.05, 0.1) is 18.1 Å². The number of unbranched alkanes of at least 4 members (excludes halogenated alkanes) is 2. The Hall–Kier alpha value is -2.27. The van der Waals surface area contributed by atoms with Crippen LogP contribution in [-0.2, 0) is 0 Å². The van der Waals surface area contributed by atoms with E-state index in [9.17, 15) is 5.26 Å². The third-order valence-corrected chi connectivity index (χ3v) is 6.53. The van der Waals surface area contributed by atoms with Gasteiger partial charge in [-0.3, -0.25) is 0 Å². The molecule has 0 N–H and O–H groups in total. The molecule has 0 heterocycles. The van der Waals surface area contributed by atoms with Gasteiger partial charge in [-0.15, -0.1) is 0 Å². The first kappa shape index (κ1) is 21.4. The summed E-state index contributed by atoms with van der Waals surface area (Å²) in [7, 11) is 0. The normalized spacial score (nSPS) is 21.5. The third kappa shape index (κ3) is 5.63. The Morgan fingerprint density at radius 2 is 1.48 bits per heavy atom. The van der Waals surface area contributed by atoms with Crippen molar-refractivity contribution in [3.05, 3.63) is 54.1 Å². The summed E-state index contributed by atoms with van der Waals surface area (Å²) in [6.45, 7) is 5.18. The Morgan fingerprint density at radius 3 is 2.03 bits per heavy atom. The fraction of sp³-hybridized carbons (Fsp3) is 0.519. The molecule has 2 aromatic rings. The van der Waals surface area contributed by atoms with E-state index in [1.54, 1.807) is 0 Å². The molecule has 0 saturated heterocycles. The van der Waals surface area contributed by atoms with Gasteiger partial charge in [0.25, 0.3) is 0 Å². The number of benzene rings is 2. The lowest BCUT2D eigenvalue weighted by atomic mass is 9.67.